The van der Waals surface area contributed by atoms with Gasteiger partial charge in [-0.15, -0.1) is 0 Å². The molecule has 1 saturated carbocycles. The van der Waals surface area contributed by atoms with Gasteiger partial charge in [0.2, 0.25) is 0 Å². The van der Waals surface area contributed by atoms with Gasteiger partial charge < -0.3 is 5.11 Å². The van der Waals surface area contributed by atoms with Gasteiger partial charge in [0.25, 0.3) is 0 Å². The fourth-order valence-electron chi connectivity index (χ4n) is 2.59. The second-order valence-electron chi connectivity index (χ2n) is 5.09. The van der Waals surface area contributed by atoms with Crippen LogP contribution in [0.2, 0.25) is 0 Å². The minimum absolute atomic E-state index is 0.0278. The zero-order valence-electron chi connectivity index (χ0n) is 10.9. The fraction of sp³-hybridized carbons (Fsp3) is 0.500. The van der Waals surface area contributed by atoms with Crippen LogP contribution in [0.25, 0.3) is 0 Å². The van der Waals surface area contributed by atoms with Crippen molar-refractivity contribution in [3.8, 4) is 0 Å². The maximum absolute atomic E-state index is 12.6. The molecule has 4 nitrogen and oxygen atoms in total. The third-order valence-corrected chi connectivity index (χ3v) is 6.13. The number of carboxylic acid groups (broad SMARTS) is 1. The first-order valence-corrected chi connectivity index (χ1v) is 8.05. The Morgan fingerprint density at radius 3 is 2.42 bits per heavy atom. The van der Waals surface area contributed by atoms with E-state index in [0.29, 0.717) is 18.4 Å². The van der Waals surface area contributed by atoms with Crippen LogP contribution in [0.5, 0.6) is 0 Å². The predicted octanol–water partition coefficient (Wildman–Crippen LogP) is 2.80. The molecule has 1 aliphatic rings. The van der Waals surface area contributed by atoms with Crippen LogP contribution < -0.4 is 0 Å². The summed E-state index contributed by atoms with van der Waals surface area (Å²) in [5, 5.41) is 8.62. The lowest BCUT2D eigenvalue weighted by Gasteiger charge is -2.22. The molecule has 104 valence electrons. The molecule has 2 rings (SSSR count). The van der Waals surface area contributed by atoms with Crippen LogP contribution >= 0.6 is 0 Å². The van der Waals surface area contributed by atoms with Crippen LogP contribution in [-0.2, 0) is 9.84 Å². The lowest BCUT2D eigenvalue weighted by molar-refractivity contribution is 0.0696. The number of hydrogen-bond acceptors (Lipinski definition) is 3. The summed E-state index contributed by atoms with van der Waals surface area (Å²) in [7, 11) is -3.41. The maximum Gasteiger partial charge on any atom is 0.335 e. The van der Waals surface area contributed by atoms with E-state index in [0.717, 1.165) is 19.3 Å². The van der Waals surface area contributed by atoms with Gasteiger partial charge in [-0.3, -0.25) is 0 Å². The van der Waals surface area contributed by atoms with Crippen LogP contribution in [0.15, 0.2) is 23.1 Å². The van der Waals surface area contributed by atoms with E-state index in [1.807, 2.05) is 0 Å². The third-order valence-electron chi connectivity index (χ3n) is 3.73. The molecule has 1 aromatic rings. The van der Waals surface area contributed by atoms with Crippen molar-refractivity contribution in [3.05, 3.63) is 29.3 Å². The highest BCUT2D eigenvalue weighted by molar-refractivity contribution is 7.92. The van der Waals surface area contributed by atoms with Gasteiger partial charge in [0.15, 0.2) is 9.84 Å². The summed E-state index contributed by atoms with van der Waals surface area (Å²) in [6.45, 7) is 1.71. The van der Waals surface area contributed by atoms with Crippen LogP contribution in [0, 0.1) is 6.92 Å². The topological polar surface area (TPSA) is 71.4 Å². The summed E-state index contributed by atoms with van der Waals surface area (Å²) < 4.78 is 25.2. The summed E-state index contributed by atoms with van der Waals surface area (Å²) in [6, 6.07) is 4.30. The Bertz CT molecular complexity index is 583. The second-order valence-corrected chi connectivity index (χ2v) is 7.29. The van der Waals surface area contributed by atoms with Gasteiger partial charge in [-0.1, -0.05) is 25.3 Å². The van der Waals surface area contributed by atoms with Gasteiger partial charge in [-0.2, -0.15) is 0 Å². The average Bonchev–Trinajstić information content (AvgIpc) is 2.39. The zero-order valence-corrected chi connectivity index (χ0v) is 11.7. The number of rotatable bonds is 3. The first-order chi connectivity index (χ1) is 8.93. The molecule has 5 heteroatoms. The Morgan fingerprint density at radius 2 is 1.84 bits per heavy atom. The molecule has 19 heavy (non-hydrogen) atoms. The monoisotopic (exact) mass is 282 g/mol. The molecule has 0 unspecified atom stereocenters. The third kappa shape index (κ3) is 2.81. The van der Waals surface area contributed by atoms with Crippen molar-refractivity contribution in [3.63, 3.8) is 0 Å². The van der Waals surface area contributed by atoms with E-state index in [2.05, 4.69) is 0 Å². The van der Waals surface area contributed by atoms with Crippen molar-refractivity contribution in [2.24, 2.45) is 0 Å². The number of carboxylic acids is 1. The molecule has 1 aliphatic carbocycles. The second kappa shape index (κ2) is 5.33. The molecule has 1 fully saturated rings. The summed E-state index contributed by atoms with van der Waals surface area (Å²) in [4.78, 5) is 11.2. The predicted molar refractivity (Wildman–Crippen MR) is 72.2 cm³/mol. The van der Waals surface area contributed by atoms with E-state index >= 15 is 0 Å². The Kier molecular flexibility index (Phi) is 3.94. The fourth-order valence-corrected chi connectivity index (χ4v) is 4.72. The molecular formula is C14H18O4S. The molecule has 0 atom stereocenters. The molecular weight excluding hydrogens is 264 g/mol. The largest absolute Gasteiger partial charge is 0.478 e. The highest BCUT2D eigenvalue weighted by Gasteiger charge is 2.30. The van der Waals surface area contributed by atoms with Crippen molar-refractivity contribution in [2.45, 2.75) is 49.2 Å². The Morgan fingerprint density at radius 1 is 1.21 bits per heavy atom. The van der Waals surface area contributed by atoms with Gasteiger partial charge in [-0.05, 0) is 37.5 Å². The number of hydrogen-bond donors (Lipinski definition) is 1. The summed E-state index contributed by atoms with van der Waals surface area (Å²) in [5.41, 5.74) is 0.649. The smallest absolute Gasteiger partial charge is 0.335 e. The molecule has 0 aromatic heterocycles. The van der Waals surface area contributed by atoms with Crippen molar-refractivity contribution >= 4 is 15.8 Å². The maximum atomic E-state index is 12.6. The van der Waals surface area contributed by atoms with E-state index < -0.39 is 15.8 Å². The molecule has 0 saturated heterocycles. The van der Waals surface area contributed by atoms with Crippen LogP contribution in [-0.4, -0.2) is 24.7 Å². The van der Waals surface area contributed by atoms with Crippen molar-refractivity contribution in [1.82, 2.24) is 0 Å². The standard InChI is InChI=1S/C14H18O4S/c1-10-7-8-11(14(15)16)9-13(10)19(17,18)12-5-3-2-4-6-12/h7-9,12H,2-6H2,1H3,(H,15,16). The highest BCUT2D eigenvalue weighted by atomic mass is 32.2. The molecule has 0 radical (unpaired) electrons. The zero-order chi connectivity index (χ0) is 14.0. The quantitative estimate of drug-likeness (QED) is 0.925. The van der Waals surface area contributed by atoms with Gasteiger partial charge in [-0.25, -0.2) is 13.2 Å². The molecule has 0 spiro atoms. The first kappa shape index (κ1) is 14.1. The first-order valence-electron chi connectivity index (χ1n) is 6.51. The number of carbonyl (C=O) groups is 1. The summed E-state index contributed by atoms with van der Waals surface area (Å²) in [5.74, 6) is -1.10. The average molecular weight is 282 g/mol. The molecule has 0 bridgehead atoms. The van der Waals surface area contributed by atoms with Gasteiger partial charge in [0.05, 0.1) is 15.7 Å². The Hall–Kier alpha value is -1.36. The Balaban J connectivity index is 2.44. The van der Waals surface area contributed by atoms with Crippen molar-refractivity contribution < 1.29 is 18.3 Å². The number of aromatic carboxylic acids is 1. The van der Waals surface area contributed by atoms with Crippen molar-refractivity contribution in [1.29, 1.82) is 0 Å². The number of benzene rings is 1. The SMILES string of the molecule is Cc1ccc(C(=O)O)cc1S(=O)(=O)C1CCCCC1. The van der Waals surface area contributed by atoms with Crippen LogP contribution in [0.4, 0.5) is 0 Å². The van der Waals surface area contributed by atoms with Gasteiger partial charge >= 0.3 is 5.97 Å². The molecule has 0 heterocycles. The van der Waals surface area contributed by atoms with Gasteiger partial charge in [0.1, 0.15) is 0 Å². The van der Waals surface area contributed by atoms with E-state index in [1.54, 1.807) is 13.0 Å². The minimum Gasteiger partial charge on any atom is -0.478 e. The van der Waals surface area contributed by atoms with Gasteiger partial charge in [0, 0.05) is 0 Å². The molecule has 0 amide bonds. The van der Waals surface area contributed by atoms with E-state index in [9.17, 15) is 13.2 Å². The molecule has 0 aliphatic heterocycles. The highest BCUT2D eigenvalue weighted by Crippen LogP contribution is 2.30. The molecule has 1 aromatic carbocycles. The van der Waals surface area contributed by atoms with Crippen LogP contribution in [0.3, 0.4) is 0 Å². The van der Waals surface area contributed by atoms with E-state index in [1.165, 1.54) is 12.1 Å². The van der Waals surface area contributed by atoms with Crippen LogP contribution in [0.1, 0.15) is 48.0 Å². The summed E-state index contributed by atoms with van der Waals surface area (Å²) in [6.07, 6.45) is 4.31. The van der Waals surface area contributed by atoms with E-state index in [4.69, 9.17) is 5.11 Å². The number of aryl methyl sites for hydroxylation is 1. The minimum atomic E-state index is -3.41. The number of sulfone groups is 1. The summed E-state index contributed by atoms with van der Waals surface area (Å²) >= 11 is 0. The van der Waals surface area contributed by atoms with Crippen molar-refractivity contribution in [2.75, 3.05) is 0 Å². The van der Waals surface area contributed by atoms with E-state index in [-0.39, 0.29) is 15.7 Å². The normalized spacial score (nSPS) is 17.3. The Labute approximate surface area is 113 Å². The molecule has 1 N–H and O–H groups in total. The lowest BCUT2D eigenvalue weighted by Crippen LogP contribution is -2.25. The lowest BCUT2D eigenvalue weighted by atomic mass is 10.0.